The van der Waals surface area contributed by atoms with E-state index in [1.165, 1.54) is 43.8 Å². The van der Waals surface area contributed by atoms with Crippen molar-refractivity contribution >= 4 is 46.3 Å². The van der Waals surface area contributed by atoms with Gasteiger partial charge in [-0.25, -0.2) is 5.84 Å². The quantitative estimate of drug-likeness (QED) is 0.0564. The number of thiophene rings is 1. The number of rotatable bonds is 10. The first kappa shape index (κ1) is 54.9. The molecule has 4 aromatic rings. The van der Waals surface area contributed by atoms with Gasteiger partial charge in [0.1, 0.15) is 0 Å². The molecule has 0 spiro atoms. The fourth-order valence-corrected chi connectivity index (χ4v) is 10.2. The molecule has 72 heavy (non-hydrogen) atoms. The van der Waals surface area contributed by atoms with Crippen LogP contribution >= 0.6 is 11.3 Å². The Balaban J connectivity index is 0.000000228. The molecular formula is C63H78N6O2S. The van der Waals surface area contributed by atoms with Crippen LogP contribution in [0, 0.1) is 25.7 Å². The van der Waals surface area contributed by atoms with Crippen LogP contribution in [-0.4, -0.2) is 69.1 Å². The predicted octanol–water partition coefficient (Wildman–Crippen LogP) is 14.3. The summed E-state index contributed by atoms with van der Waals surface area (Å²) in [6.45, 7) is 34.0. The maximum absolute atomic E-state index is 13.7. The lowest BCUT2D eigenvalue weighted by molar-refractivity contribution is -0.129. The van der Waals surface area contributed by atoms with Crippen LogP contribution in [0.4, 0.5) is 0 Å². The average molecular weight is 983 g/mol. The number of aromatic nitrogens is 1. The second-order valence-electron chi connectivity index (χ2n) is 20.7. The van der Waals surface area contributed by atoms with Crippen molar-refractivity contribution in [3.63, 3.8) is 0 Å². The zero-order valence-corrected chi connectivity index (χ0v) is 46.9. The fraction of sp³-hybridized carbons (Fsp3) is 0.381. The Morgan fingerprint density at radius 2 is 1.62 bits per heavy atom. The van der Waals surface area contributed by atoms with Crippen LogP contribution in [0.15, 0.2) is 112 Å². The molecule has 0 radical (unpaired) electrons. The van der Waals surface area contributed by atoms with Crippen molar-refractivity contribution < 1.29 is 9.59 Å². The largest absolute Gasteiger partial charge is 0.337 e. The number of carbonyl (C=O) groups is 2. The molecule has 3 heterocycles. The molecule has 0 unspecified atom stereocenters. The van der Waals surface area contributed by atoms with E-state index in [0.29, 0.717) is 12.0 Å². The number of allylic oxidation sites excluding steroid dienone is 8. The van der Waals surface area contributed by atoms with E-state index in [0.717, 1.165) is 94.0 Å². The van der Waals surface area contributed by atoms with Crippen molar-refractivity contribution in [1.29, 1.82) is 0 Å². The second kappa shape index (κ2) is 22.5. The minimum absolute atomic E-state index is 0.0834. The topological polar surface area (TPSA) is 87.2 Å². The van der Waals surface area contributed by atoms with Gasteiger partial charge in [0.05, 0.1) is 29.2 Å². The first-order valence-electron chi connectivity index (χ1n) is 25.6. The van der Waals surface area contributed by atoms with Crippen LogP contribution in [0.2, 0.25) is 0 Å². The van der Waals surface area contributed by atoms with Gasteiger partial charge in [0.2, 0.25) is 0 Å². The summed E-state index contributed by atoms with van der Waals surface area (Å²) in [5.41, 5.74) is 19.7. The molecule has 0 atom stereocenters. The first-order chi connectivity index (χ1) is 34.1. The number of aliphatic imine (C=N–C) groups is 1. The standard InChI is InChI=1S/C31H39N3O.C30H33N3OS.C2H6/c1-9-12-23(11-3)34-19-28(30(35)33(8)31(5,6)7)24-14-13-22-15-21(10-2)25(16-26(22)29(24)34)27-18-32-17-20(27)4;1-19-17-22-11-10-14-24(20(2)29(34)32(7)30(4,5)6)28(33(31)23-12-8-9-13-23)27(22)18-26(19)25-15-16-35-21(25)3;1-2/h9,11-12,15-17,19H,10,13-14,18H2,1-8H3;8,12-13,15-18H,2,9,14,31H2,1,3-7H3;1-2H3/b12-9-,23-11+;;. The Morgan fingerprint density at radius 3 is 2.19 bits per heavy atom. The third-order valence-corrected chi connectivity index (χ3v) is 15.1. The molecule has 0 saturated carbocycles. The van der Waals surface area contributed by atoms with Gasteiger partial charge in [-0.05, 0) is 194 Å². The molecule has 2 aromatic carbocycles. The highest BCUT2D eigenvalue weighted by molar-refractivity contribution is 7.10. The highest BCUT2D eigenvalue weighted by Crippen LogP contribution is 2.43. The van der Waals surface area contributed by atoms with Crippen LogP contribution in [0.1, 0.15) is 150 Å². The minimum atomic E-state index is -0.338. The van der Waals surface area contributed by atoms with Crippen LogP contribution in [0.5, 0.6) is 0 Å². The van der Waals surface area contributed by atoms with Gasteiger partial charge < -0.3 is 14.4 Å². The number of carbonyl (C=O) groups excluding carboxylic acids is 2. The van der Waals surface area contributed by atoms with Crippen LogP contribution in [0.25, 0.3) is 39.4 Å². The van der Waals surface area contributed by atoms with E-state index in [2.05, 4.69) is 156 Å². The Bertz CT molecular complexity index is 3070. The number of nitrogens with zero attached hydrogens (tertiary/aromatic N) is 5. The van der Waals surface area contributed by atoms with E-state index in [4.69, 9.17) is 5.84 Å². The number of benzene rings is 2. The van der Waals surface area contributed by atoms with Crippen LogP contribution < -0.4 is 5.84 Å². The molecule has 4 aliphatic rings. The molecule has 2 N–H and O–H groups in total. The Morgan fingerprint density at radius 1 is 0.931 bits per heavy atom. The smallest absolute Gasteiger partial charge is 0.255 e. The molecule has 3 aliphatic carbocycles. The summed E-state index contributed by atoms with van der Waals surface area (Å²) in [5.74, 6) is 13.4. The molecule has 9 heteroatoms. The summed E-state index contributed by atoms with van der Waals surface area (Å²) in [6, 6.07) is 11.2. The van der Waals surface area contributed by atoms with Crippen molar-refractivity contribution in [2.75, 3.05) is 20.6 Å². The van der Waals surface area contributed by atoms with Crippen LogP contribution in [-0.2, 0) is 24.1 Å². The number of likely N-dealkylation sites (N-methyl/N-ethyl adjacent to an activating group) is 1. The summed E-state index contributed by atoms with van der Waals surface area (Å²) >= 11 is 1.73. The number of nitrogens with two attached hydrogens (primary N) is 1. The minimum Gasteiger partial charge on any atom is -0.337 e. The van der Waals surface area contributed by atoms with Crippen molar-refractivity contribution in [3.8, 4) is 34.2 Å². The van der Waals surface area contributed by atoms with Gasteiger partial charge in [0.15, 0.2) is 0 Å². The molecular weight excluding hydrogens is 905 g/mol. The lowest BCUT2D eigenvalue weighted by atomic mass is 9.83. The number of fused-ring (bicyclic) bond motifs is 4. The van der Waals surface area contributed by atoms with Gasteiger partial charge in [-0.2, -0.15) is 0 Å². The summed E-state index contributed by atoms with van der Waals surface area (Å²) in [4.78, 5) is 36.6. The zero-order valence-electron chi connectivity index (χ0n) is 46.1. The third-order valence-electron chi connectivity index (χ3n) is 14.3. The molecule has 0 fully saturated rings. The summed E-state index contributed by atoms with van der Waals surface area (Å²) in [6.07, 6.45) is 20.6. The highest BCUT2D eigenvalue weighted by atomic mass is 32.1. The van der Waals surface area contributed by atoms with Gasteiger partial charge in [-0.1, -0.05) is 69.6 Å². The van der Waals surface area contributed by atoms with Crippen molar-refractivity contribution in [1.82, 2.24) is 19.4 Å². The normalized spacial score (nSPS) is 14.8. The maximum atomic E-state index is 13.7. The summed E-state index contributed by atoms with van der Waals surface area (Å²) in [5, 5.41) is 3.81. The summed E-state index contributed by atoms with van der Waals surface area (Å²) in [7, 11) is 3.72. The number of aryl methyl sites for hydroxylation is 4. The van der Waals surface area contributed by atoms with Crippen molar-refractivity contribution in [2.45, 2.75) is 140 Å². The van der Waals surface area contributed by atoms with E-state index in [9.17, 15) is 9.59 Å². The number of amides is 2. The molecule has 0 saturated heterocycles. The molecule has 2 amide bonds. The first-order valence-corrected chi connectivity index (χ1v) is 26.5. The number of hydrogen-bond donors (Lipinski definition) is 1. The zero-order chi connectivity index (χ0) is 53.0. The van der Waals surface area contributed by atoms with Gasteiger partial charge in [-0.3, -0.25) is 19.6 Å². The third kappa shape index (κ3) is 11.0. The molecule has 2 aromatic heterocycles. The molecule has 8 nitrogen and oxygen atoms in total. The van der Waals surface area contributed by atoms with Crippen molar-refractivity contribution in [3.05, 3.63) is 157 Å². The lowest BCUT2D eigenvalue weighted by Crippen LogP contribution is -2.43. The Labute approximate surface area is 435 Å². The van der Waals surface area contributed by atoms with Gasteiger partial charge in [0.25, 0.3) is 11.8 Å². The van der Waals surface area contributed by atoms with Gasteiger partial charge >= 0.3 is 0 Å². The maximum Gasteiger partial charge on any atom is 0.255 e. The second-order valence-corrected chi connectivity index (χ2v) is 21.8. The number of hydrogen-bond acceptors (Lipinski definition) is 6. The van der Waals surface area contributed by atoms with E-state index in [1.54, 1.807) is 21.2 Å². The van der Waals surface area contributed by atoms with E-state index in [-0.39, 0.29) is 22.9 Å². The number of hydrazine groups is 1. The fourth-order valence-electron chi connectivity index (χ4n) is 9.53. The Hall–Kier alpha value is -6.47. The van der Waals surface area contributed by atoms with Gasteiger partial charge in [-0.15, -0.1) is 11.3 Å². The van der Waals surface area contributed by atoms with Crippen LogP contribution in [0.3, 0.4) is 0 Å². The molecule has 8 rings (SSSR count). The Kier molecular flexibility index (Phi) is 17.2. The van der Waals surface area contributed by atoms with Crippen molar-refractivity contribution in [2.24, 2.45) is 10.8 Å². The van der Waals surface area contributed by atoms with E-state index < -0.39 is 0 Å². The van der Waals surface area contributed by atoms with Gasteiger partial charge in [0, 0.05) is 82.4 Å². The summed E-state index contributed by atoms with van der Waals surface area (Å²) < 4.78 is 2.23. The lowest BCUT2D eigenvalue weighted by Gasteiger charge is -2.34. The predicted molar refractivity (Wildman–Crippen MR) is 308 cm³/mol. The highest BCUT2D eigenvalue weighted by Gasteiger charge is 2.34. The molecule has 1 aliphatic heterocycles. The molecule has 0 bridgehead atoms. The van der Waals surface area contributed by atoms with E-state index in [1.807, 2.05) is 72.8 Å². The SMILES string of the molecule is C/C=C\C(=C/C)n1cc(C(=O)N(C)C(C)(C)C)c2c1-c1cc(C3=C(C)C=NC3)c(CC)cc1CC2.C=C(C(=O)N(C)C(C)(C)C)C1=C(N(N)C2=CCC=C2)c2cc(-c3ccsc3C)c(C)cc2C#CC1.CC. The molecule has 378 valence electrons. The van der Waals surface area contributed by atoms with E-state index >= 15 is 0 Å². The monoisotopic (exact) mass is 983 g/mol. The average Bonchev–Trinajstić information content (AvgIpc) is 4.19.